The number of para-hydroxylation sites is 2. The number of carbonyl (C=O) groups is 1. The lowest BCUT2D eigenvalue weighted by molar-refractivity contribution is -0.110. The molecule has 0 aliphatic carbocycles. The predicted molar refractivity (Wildman–Crippen MR) is 84.0 cm³/mol. The Hall–Kier alpha value is -3.02. The van der Waals surface area contributed by atoms with E-state index in [1.807, 2.05) is 35.9 Å². The van der Waals surface area contributed by atoms with Gasteiger partial charge in [0.15, 0.2) is 0 Å². The first kappa shape index (κ1) is 12.7. The molecule has 4 rings (SSSR count). The van der Waals surface area contributed by atoms with Crippen LogP contribution in [0, 0.1) is 6.92 Å². The number of benzene rings is 1. The largest absolute Gasteiger partial charge is 0.328 e. The second-order valence-electron chi connectivity index (χ2n) is 5.21. The number of hydrogen-bond acceptors (Lipinski definition) is 4. The molecule has 1 aliphatic heterocycles. The van der Waals surface area contributed by atoms with Gasteiger partial charge in [0.2, 0.25) is 0 Å². The Kier molecular flexibility index (Phi) is 2.59. The number of nitrogens with zero attached hydrogens (tertiary/aromatic N) is 4. The lowest BCUT2D eigenvalue weighted by Gasteiger charge is -1.99. The van der Waals surface area contributed by atoms with Crippen LogP contribution in [0.25, 0.3) is 22.7 Å². The Morgan fingerprint density at radius 3 is 2.86 bits per heavy atom. The molecule has 3 aromatic rings. The van der Waals surface area contributed by atoms with Gasteiger partial charge < -0.3 is 9.88 Å². The smallest absolute Gasteiger partial charge is 0.257 e. The molecule has 22 heavy (non-hydrogen) atoms. The van der Waals surface area contributed by atoms with E-state index in [0.29, 0.717) is 22.8 Å². The fourth-order valence-corrected chi connectivity index (χ4v) is 2.63. The van der Waals surface area contributed by atoms with Crippen molar-refractivity contribution < 1.29 is 4.79 Å². The topological polar surface area (TPSA) is 72.7 Å². The summed E-state index contributed by atoms with van der Waals surface area (Å²) >= 11 is 0. The van der Waals surface area contributed by atoms with Crippen LogP contribution in [-0.4, -0.2) is 25.4 Å². The Morgan fingerprint density at radius 2 is 2.05 bits per heavy atom. The van der Waals surface area contributed by atoms with E-state index in [2.05, 4.69) is 20.3 Å². The number of aromatic nitrogens is 4. The summed E-state index contributed by atoms with van der Waals surface area (Å²) in [6.07, 6.45) is 3.45. The molecule has 0 spiro atoms. The first-order valence-corrected chi connectivity index (χ1v) is 6.92. The van der Waals surface area contributed by atoms with Crippen LogP contribution in [0.15, 0.2) is 30.5 Å². The van der Waals surface area contributed by atoms with E-state index in [0.717, 1.165) is 16.9 Å². The fraction of sp³-hybridized carbons (Fsp3) is 0.125. The van der Waals surface area contributed by atoms with Crippen molar-refractivity contribution in [2.45, 2.75) is 6.92 Å². The third-order valence-corrected chi connectivity index (χ3v) is 3.77. The molecule has 108 valence electrons. The molecule has 6 nitrogen and oxygen atoms in total. The summed E-state index contributed by atoms with van der Waals surface area (Å²) in [5.74, 6) is 1.73. The molecule has 0 fully saturated rings. The molecule has 2 aromatic heterocycles. The van der Waals surface area contributed by atoms with E-state index >= 15 is 0 Å². The number of amides is 1. The molecule has 0 atom stereocenters. The monoisotopic (exact) mass is 291 g/mol. The molecule has 3 heterocycles. The molecule has 0 radical (unpaired) electrons. The second-order valence-corrected chi connectivity index (χ2v) is 5.21. The van der Waals surface area contributed by atoms with Gasteiger partial charge in [-0.3, -0.25) is 4.79 Å². The van der Waals surface area contributed by atoms with Gasteiger partial charge in [-0.15, -0.1) is 0 Å². The van der Waals surface area contributed by atoms with Crippen LogP contribution < -0.4 is 5.32 Å². The molecule has 0 unspecified atom stereocenters. The van der Waals surface area contributed by atoms with E-state index in [1.165, 1.54) is 0 Å². The number of nitrogens with one attached hydrogen (secondary N) is 1. The maximum atomic E-state index is 12.2. The van der Waals surface area contributed by atoms with Gasteiger partial charge in [0.1, 0.15) is 17.5 Å². The lowest BCUT2D eigenvalue weighted by Crippen LogP contribution is -2.05. The summed E-state index contributed by atoms with van der Waals surface area (Å²) in [5.41, 5.74) is 3.17. The minimum Gasteiger partial charge on any atom is -0.328 e. The molecule has 1 aromatic carbocycles. The summed E-state index contributed by atoms with van der Waals surface area (Å²) in [6, 6.07) is 7.86. The molecule has 0 bridgehead atoms. The van der Waals surface area contributed by atoms with Crippen molar-refractivity contribution in [2.24, 2.45) is 7.05 Å². The van der Waals surface area contributed by atoms with Crippen molar-refractivity contribution in [2.75, 3.05) is 5.32 Å². The van der Waals surface area contributed by atoms with Crippen molar-refractivity contribution >= 4 is 34.4 Å². The SMILES string of the molecule is Cc1ncc2c(n1)NC(=O)C2=Cc1nc2ccccc2n1C. The van der Waals surface area contributed by atoms with Crippen LogP contribution in [0.5, 0.6) is 0 Å². The quantitative estimate of drug-likeness (QED) is 0.697. The number of rotatable bonds is 1. The maximum Gasteiger partial charge on any atom is 0.257 e. The van der Waals surface area contributed by atoms with Gasteiger partial charge in [-0.25, -0.2) is 15.0 Å². The standard InChI is InChI=1S/C16H13N5O/c1-9-17-8-11-10(16(22)20-15(11)18-9)7-14-19-12-5-3-4-6-13(12)21(14)2/h3-8H,1-2H3,(H,17,18,20,22). The van der Waals surface area contributed by atoms with Gasteiger partial charge >= 0.3 is 0 Å². The highest BCUT2D eigenvalue weighted by molar-refractivity contribution is 6.34. The maximum absolute atomic E-state index is 12.2. The number of hydrogen-bond donors (Lipinski definition) is 1. The van der Waals surface area contributed by atoms with Crippen LogP contribution in [-0.2, 0) is 11.8 Å². The minimum absolute atomic E-state index is 0.179. The molecular formula is C16H13N5O. The summed E-state index contributed by atoms with van der Waals surface area (Å²) in [7, 11) is 1.93. The Bertz CT molecular complexity index is 954. The van der Waals surface area contributed by atoms with E-state index in [-0.39, 0.29) is 5.91 Å². The highest BCUT2D eigenvalue weighted by atomic mass is 16.2. The molecule has 0 saturated carbocycles. The van der Waals surface area contributed by atoms with Crippen LogP contribution in [0.3, 0.4) is 0 Å². The first-order valence-electron chi connectivity index (χ1n) is 6.92. The van der Waals surface area contributed by atoms with Crippen LogP contribution in [0.1, 0.15) is 17.2 Å². The van der Waals surface area contributed by atoms with E-state index < -0.39 is 0 Å². The average Bonchev–Trinajstić information content (AvgIpc) is 2.98. The summed E-state index contributed by atoms with van der Waals surface area (Å²) in [5, 5.41) is 2.77. The summed E-state index contributed by atoms with van der Waals surface area (Å²) in [6.45, 7) is 1.79. The average molecular weight is 291 g/mol. The highest BCUT2D eigenvalue weighted by Crippen LogP contribution is 2.31. The Morgan fingerprint density at radius 1 is 1.23 bits per heavy atom. The number of imidazole rings is 1. The Balaban J connectivity index is 1.89. The van der Waals surface area contributed by atoms with Crippen molar-refractivity contribution in [3.8, 4) is 0 Å². The summed E-state index contributed by atoms with van der Waals surface area (Å²) < 4.78 is 1.96. The van der Waals surface area contributed by atoms with E-state index in [1.54, 1.807) is 19.2 Å². The van der Waals surface area contributed by atoms with Crippen molar-refractivity contribution in [3.05, 3.63) is 47.7 Å². The zero-order valence-corrected chi connectivity index (χ0v) is 12.2. The zero-order chi connectivity index (χ0) is 15.3. The molecule has 1 aliphatic rings. The molecular weight excluding hydrogens is 278 g/mol. The third-order valence-electron chi connectivity index (χ3n) is 3.77. The highest BCUT2D eigenvalue weighted by Gasteiger charge is 2.26. The number of anilines is 1. The van der Waals surface area contributed by atoms with Gasteiger partial charge in [0.25, 0.3) is 5.91 Å². The predicted octanol–water partition coefficient (Wildman–Crippen LogP) is 2.16. The Labute approximate surface area is 126 Å². The number of carbonyl (C=O) groups excluding carboxylic acids is 1. The van der Waals surface area contributed by atoms with Crippen LogP contribution in [0.4, 0.5) is 5.82 Å². The van der Waals surface area contributed by atoms with Gasteiger partial charge in [-0.2, -0.15) is 0 Å². The van der Waals surface area contributed by atoms with Gasteiger partial charge in [0.05, 0.1) is 16.6 Å². The zero-order valence-electron chi connectivity index (χ0n) is 12.2. The minimum atomic E-state index is -0.179. The van der Waals surface area contributed by atoms with Gasteiger partial charge in [-0.05, 0) is 25.1 Å². The number of fused-ring (bicyclic) bond motifs is 2. The third kappa shape index (κ3) is 1.81. The lowest BCUT2D eigenvalue weighted by atomic mass is 10.1. The van der Waals surface area contributed by atoms with Gasteiger partial charge in [-0.1, -0.05) is 12.1 Å². The van der Waals surface area contributed by atoms with Crippen molar-refractivity contribution in [1.29, 1.82) is 0 Å². The molecule has 1 N–H and O–H groups in total. The van der Waals surface area contributed by atoms with Crippen LogP contribution in [0.2, 0.25) is 0 Å². The number of aryl methyl sites for hydroxylation is 2. The second kappa shape index (κ2) is 4.49. The van der Waals surface area contributed by atoms with Crippen molar-refractivity contribution in [3.63, 3.8) is 0 Å². The first-order chi connectivity index (χ1) is 10.6. The van der Waals surface area contributed by atoms with Crippen LogP contribution >= 0.6 is 0 Å². The van der Waals surface area contributed by atoms with E-state index in [4.69, 9.17) is 0 Å². The van der Waals surface area contributed by atoms with Crippen molar-refractivity contribution in [1.82, 2.24) is 19.5 Å². The molecule has 0 saturated heterocycles. The van der Waals surface area contributed by atoms with Gasteiger partial charge in [0, 0.05) is 18.8 Å². The fourth-order valence-electron chi connectivity index (χ4n) is 2.63. The van der Waals surface area contributed by atoms with E-state index in [9.17, 15) is 4.79 Å². The molecule has 1 amide bonds. The normalized spacial score (nSPS) is 15.4. The summed E-state index contributed by atoms with van der Waals surface area (Å²) in [4.78, 5) is 25.2. The molecule has 6 heteroatoms.